The molecule has 0 aliphatic rings. The third-order valence-corrected chi connectivity index (χ3v) is 4.59. The summed E-state index contributed by atoms with van der Waals surface area (Å²) in [5.74, 6) is 1.99. The Morgan fingerprint density at radius 2 is 2.05 bits per heavy atom. The van der Waals surface area contributed by atoms with E-state index in [1.54, 1.807) is 7.11 Å². The lowest BCUT2D eigenvalue weighted by Gasteiger charge is -2.24. The van der Waals surface area contributed by atoms with Crippen molar-refractivity contribution in [1.82, 2.24) is 5.32 Å². The molecule has 0 aromatic heterocycles. The van der Waals surface area contributed by atoms with Gasteiger partial charge in [-0.1, -0.05) is 39.3 Å². The molecule has 0 bridgehead atoms. The Balaban J connectivity index is 2.76. The van der Waals surface area contributed by atoms with Crippen molar-refractivity contribution in [3.8, 4) is 5.75 Å². The van der Waals surface area contributed by atoms with Crippen molar-refractivity contribution in [2.24, 2.45) is 0 Å². The zero-order valence-corrected chi connectivity index (χ0v) is 14.7. The van der Waals surface area contributed by atoms with Gasteiger partial charge in [-0.15, -0.1) is 0 Å². The van der Waals surface area contributed by atoms with Crippen molar-refractivity contribution in [2.45, 2.75) is 44.9 Å². The van der Waals surface area contributed by atoms with Crippen molar-refractivity contribution in [3.05, 3.63) is 28.8 Å². The number of hydrogen-bond acceptors (Lipinski definition) is 3. The number of nitrogens with one attached hydrogen (secondary N) is 1. The van der Waals surface area contributed by atoms with Gasteiger partial charge in [0.25, 0.3) is 0 Å². The number of thioether (sulfide) groups is 1. The molecule has 1 unspecified atom stereocenters. The number of halogens is 1. The molecule has 0 saturated heterocycles. The second-order valence-electron chi connectivity index (χ2n) is 5.84. The molecule has 20 heavy (non-hydrogen) atoms. The van der Waals surface area contributed by atoms with E-state index in [9.17, 15) is 0 Å². The first-order valence-electron chi connectivity index (χ1n) is 7.05. The number of methoxy groups -OCH3 is 1. The summed E-state index contributed by atoms with van der Waals surface area (Å²) in [7, 11) is 1.71. The molecule has 1 aromatic carbocycles. The maximum Gasteiger partial charge on any atom is 0.122 e. The zero-order valence-electron chi connectivity index (χ0n) is 13.1. The first kappa shape index (κ1) is 17.7. The molecule has 4 heteroatoms. The summed E-state index contributed by atoms with van der Waals surface area (Å²) in [5.41, 5.74) is 1.17. The molecule has 1 rings (SSSR count). The van der Waals surface area contributed by atoms with Crippen LogP contribution in [-0.2, 0) is 6.42 Å². The predicted octanol–water partition coefficient (Wildman–Crippen LogP) is 4.40. The summed E-state index contributed by atoms with van der Waals surface area (Å²) in [6, 6.07) is 6.25. The van der Waals surface area contributed by atoms with Crippen LogP contribution in [0.2, 0.25) is 5.02 Å². The van der Waals surface area contributed by atoms with Gasteiger partial charge in [-0.3, -0.25) is 0 Å². The third kappa shape index (κ3) is 6.38. The van der Waals surface area contributed by atoms with Gasteiger partial charge in [-0.25, -0.2) is 0 Å². The molecule has 0 aliphatic carbocycles. The normalized spacial score (nSPS) is 13.3. The average Bonchev–Trinajstić information content (AvgIpc) is 2.35. The SMILES string of the molecule is CCNC(CSC(C)(C)C)Cc1cc(Cl)ccc1OC. The Morgan fingerprint density at radius 3 is 2.60 bits per heavy atom. The molecule has 0 amide bonds. The zero-order chi connectivity index (χ0) is 15.2. The highest BCUT2D eigenvalue weighted by Crippen LogP contribution is 2.27. The maximum absolute atomic E-state index is 6.10. The van der Waals surface area contributed by atoms with Crippen LogP contribution in [0.25, 0.3) is 0 Å². The van der Waals surface area contributed by atoms with Crippen LogP contribution in [0.1, 0.15) is 33.3 Å². The third-order valence-electron chi connectivity index (χ3n) is 2.92. The number of hydrogen-bond donors (Lipinski definition) is 1. The van der Waals surface area contributed by atoms with E-state index in [-0.39, 0.29) is 4.75 Å². The van der Waals surface area contributed by atoms with Crippen LogP contribution in [0.3, 0.4) is 0 Å². The molecule has 0 aliphatic heterocycles. The summed E-state index contributed by atoms with van der Waals surface area (Å²) in [6.45, 7) is 9.87. The lowest BCUT2D eigenvalue weighted by Crippen LogP contribution is -2.34. The van der Waals surface area contributed by atoms with E-state index >= 15 is 0 Å². The highest BCUT2D eigenvalue weighted by molar-refractivity contribution is 8.00. The summed E-state index contributed by atoms with van der Waals surface area (Å²) in [6.07, 6.45) is 0.931. The van der Waals surface area contributed by atoms with Crippen LogP contribution in [0.5, 0.6) is 5.75 Å². The minimum Gasteiger partial charge on any atom is -0.496 e. The van der Waals surface area contributed by atoms with Gasteiger partial charge in [-0.2, -0.15) is 11.8 Å². The van der Waals surface area contributed by atoms with E-state index in [4.69, 9.17) is 16.3 Å². The van der Waals surface area contributed by atoms with Crippen molar-refractivity contribution >= 4 is 23.4 Å². The lowest BCUT2D eigenvalue weighted by atomic mass is 10.1. The number of likely N-dealkylation sites (N-methyl/N-ethyl adjacent to an activating group) is 1. The smallest absolute Gasteiger partial charge is 0.122 e. The van der Waals surface area contributed by atoms with E-state index in [0.29, 0.717) is 6.04 Å². The van der Waals surface area contributed by atoms with Gasteiger partial charge in [0.05, 0.1) is 7.11 Å². The van der Waals surface area contributed by atoms with Gasteiger partial charge >= 0.3 is 0 Å². The van der Waals surface area contributed by atoms with Crippen LogP contribution in [0.15, 0.2) is 18.2 Å². The van der Waals surface area contributed by atoms with Gasteiger partial charge in [0.15, 0.2) is 0 Å². The molecule has 1 N–H and O–H groups in total. The first-order valence-corrected chi connectivity index (χ1v) is 8.42. The molecular formula is C16H26ClNOS. The summed E-state index contributed by atoms with van der Waals surface area (Å²) in [5, 5.41) is 4.32. The second-order valence-corrected chi connectivity index (χ2v) is 8.12. The minimum atomic E-state index is 0.284. The molecule has 0 heterocycles. The lowest BCUT2D eigenvalue weighted by molar-refractivity contribution is 0.406. The molecule has 2 nitrogen and oxygen atoms in total. The molecular weight excluding hydrogens is 290 g/mol. The molecule has 0 spiro atoms. The fourth-order valence-electron chi connectivity index (χ4n) is 2.00. The summed E-state index contributed by atoms with van der Waals surface area (Å²) in [4.78, 5) is 0. The predicted molar refractivity (Wildman–Crippen MR) is 91.4 cm³/mol. The molecule has 1 atom stereocenters. The van der Waals surface area contributed by atoms with Crippen LogP contribution < -0.4 is 10.1 Å². The quantitative estimate of drug-likeness (QED) is 0.805. The molecule has 0 radical (unpaired) electrons. The maximum atomic E-state index is 6.10. The van der Waals surface area contributed by atoms with Gasteiger partial charge in [0.2, 0.25) is 0 Å². The van der Waals surface area contributed by atoms with Crippen LogP contribution in [-0.4, -0.2) is 30.2 Å². The van der Waals surface area contributed by atoms with E-state index in [1.165, 1.54) is 5.56 Å². The molecule has 1 aromatic rings. The Bertz CT molecular complexity index is 417. The van der Waals surface area contributed by atoms with E-state index in [1.807, 2.05) is 30.0 Å². The van der Waals surface area contributed by atoms with Gasteiger partial charge in [-0.05, 0) is 36.7 Å². The Kier molecular flexibility index (Phi) is 7.21. The highest BCUT2D eigenvalue weighted by Gasteiger charge is 2.17. The summed E-state index contributed by atoms with van der Waals surface area (Å²) < 4.78 is 5.72. The minimum absolute atomic E-state index is 0.284. The number of ether oxygens (including phenoxy) is 1. The molecule has 0 fully saturated rings. The average molecular weight is 316 g/mol. The number of rotatable bonds is 7. The highest BCUT2D eigenvalue weighted by atomic mass is 35.5. The van der Waals surface area contributed by atoms with Crippen molar-refractivity contribution in [3.63, 3.8) is 0 Å². The second kappa shape index (κ2) is 8.16. The largest absolute Gasteiger partial charge is 0.496 e. The van der Waals surface area contributed by atoms with E-state index < -0.39 is 0 Å². The van der Waals surface area contributed by atoms with Crippen molar-refractivity contribution < 1.29 is 4.74 Å². The van der Waals surface area contributed by atoms with Gasteiger partial charge in [0, 0.05) is 21.6 Å². The van der Waals surface area contributed by atoms with Gasteiger partial charge in [0.1, 0.15) is 5.75 Å². The van der Waals surface area contributed by atoms with Crippen LogP contribution in [0, 0.1) is 0 Å². The monoisotopic (exact) mass is 315 g/mol. The number of benzene rings is 1. The first-order chi connectivity index (χ1) is 9.35. The van der Waals surface area contributed by atoms with Crippen molar-refractivity contribution in [1.29, 1.82) is 0 Å². The Morgan fingerprint density at radius 1 is 1.35 bits per heavy atom. The fraction of sp³-hybridized carbons (Fsp3) is 0.625. The molecule has 114 valence electrons. The Hall–Kier alpha value is -0.380. The van der Waals surface area contributed by atoms with E-state index in [2.05, 4.69) is 33.0 Å². The molecule has 0 saturated carbocycles. The topological polar surface area (TPSA) is 21.3 Å². The van der Waals surface area contributed by atoms with Crippen LogP contribution in [0.4, 0.5) is 0 Å². The van der Waals surface area contributed by atoms with Crippen molar-refractivity contribution in [2.75, 3.05) is 19.4 Å². The Labute approximate surface area is 132 Å². The summed E-state index contributed by atoms with van der Waals surface area (Å²) >= 11 is 8.09. The van der Waals surface area contributed by atoms with Crippen LogP contribution >= 0.6 is 23.4 Å². The fourth-order valence-corrected chi connectivity index (χ4v) is 3.13. The van der Waals surface area contributed by atoms with E-state index in [0.717, 1.165) is 29.5 Å². The standard InChI is InChI=1S/C16H26ClNOS/c1-6-18-14(11-20-16(2,3)4)10-12-9-13(17)7-8-15(12)19-5/h7-9,14,18H,6,10-11H2,1-5H3. The van der Waals surface area contributed by atoms with Gasteiger partial charge < -0.3 is 10.1 Å².